The van der Waals surface area contributed by atoms with Crippen molar-refractivity contribution in [1.29, 1.82) is 5.26 Å². The van der Waals surface area contributed by atoms with Gasteiger partial charge in [0.15, 0.2) is 0 Å². The molecule has 1 heterocycles. The minimum Gasteiger partial charge on any atom is -0.449 e. The molecule has 0 aliphatic heterocycles. The Morgan fingerprint density at radius 2 is 2.33 bits per heavy atom. The Balaban J connectivity index is 2.21. The maximum absolute atomic E-state index is 11.2. The van der Waals surface area contributed by atoms with Crippen molar-refractivity contribution < 1.29 is 9.53 Å². The van der Waals surface area contributed by atoms with Crippen LogP contribution < -0.4 is 5.43 Å². The maximum Gasteiger partial charge on any atom is 0.427 e. The SMILES string of the molecule is CCOC(=O)N/N=C\c1cn(CCC#N)c2ccccc12. The molecule has 6 heteroatoms. The molecule has 0 fully saturated rings. The second-order valence-electron chi connectivity index (χ2n) is 4.29. The number of carbonyl (C=O) groups excluding carboxylic acids is 1. The number of nitrogens with zero attached hydrogens (tertiary/aromatic N) is 3. The summed E-state index contributed by atoms with van der Waals surface area (Å²) in [5, 5.41) is 13.6. The fraction of sp³-hybridized carbons (Fsp3) is 0.267. The van der Waals surface area contributed by atoms with Gasteiger partial charge in [0.25, 0.3) is 0 Å². The van der Waals surface area contributed by atoms with Crippen LogP contribution in [0.5, 0.6) is 0 Å². The van der Waals surface area contributed by atoms with Crippen molar-refractivity contribution in [2.45, 2.75) is 19.9 Å². The van der Waals surface area contributed by atoms with Crippen LogP contribution in [0.25, 0.3) is 10.9 Å². The van der Waals surface area contributed by atoms with Gasteiger partial charge in [-0.3, -0.25) is 0 Å². The number of amides is 1. The molecule has 0 aliphatic carbocycles. The first-order valence-corrected chi connectivity index (χ1v) is 6.67. The van der Waals surface area contributed by atoms with Crippen LogP contribution in [0.15, 0.2) is 35.6 Å². The van der Waals surface area contributed by atoms with E-state index in [9.17, 15) is 4.79 Å². The minimum atomic E-state index is -0.582. The maximum atomic E-state index is 11.2. The predicted octanol–water partition coefficient (Wildman–Crippen LogP) is 2.63. The lowest BCUT2D eigenvalue weighted by molar-refractivity contribution is 0.152. The zero-order valence-electron chi connectivity index (χ0n) is 11.7. The zero-order chi connectivity index (χ0) is 15.1. The third kappa shape index (κ3) is 3.60. The smallest absolute Gasteiger partial charge is 0.427 e. The molecule has 2 aromatic rings. The van der Waals surface area contributed by atoms with E-state index in [4.69, 9.17) is 10.00 Å². The summed E-state index contributed by atoms with van der Waals surface area (Å²) in [7, 11) is 0. The lowest BCUT2D eigenvalue weighted by Crippen LogP contribution is -2.18. The van der Waals surface area contributed by atoms with Crippen molar-refractivity contribution in [2.24, 2.45) is 5.10 Å². The highest BCUT2D eigenvalue weighted by molar-refractivity contribution is 5.99. The number of hydrogen-bond acceptors (Lipinski definition) is 4. The van der Waals surface area contributed by atoms with E-state index in [0.717, 1.165) is 16.5 Å². The van der Waals surface area contributed by atoms with Crippen molar-refractivity contribution in [2.75, 3.05) is 6.61 Å². The number of fused-ring (bicyclic) bond motifs is 1. The summed E-state index contributed by atoms with van der Waals surface area (Å²) in [6.07, 6.45) is 3.35. The monoisotopic (exact) mass is 284 g/mol. The number of hydrazone groups is 1. The van der Waals surface area contributed by atoms with E-state index in [1.54, 1.807) is 13.1 Å². The number of para-hydroxylation sites is 1. The second kappa shape index (κ2) is 7.10. The summed E-state index contributed by atoms with van der Waals surface area (Å²) in [4.78, 5) is 11.2. The molecule has 21 heavy (non-hydrogen) atoms. The molecule has 0 bridgehead atoms. The van der Waals surface area contributed by atoms with Crippen molar-refractivity contribution in [3.8, 4) is 6.07 Å². The number of aromatic nitrogens is 1. The number of hydrogen-bond donors (Lipinski definition) is 1. The molecular weight excluding hydrogens is 268 g/mol. The quantitative estimate of drug-likeness (QED) is 0.677. The van der Waals surface area contributed by atoms with Crippen molar-refractivity contribution in [1.82, 2.24) is 9.99 Å². The van der Waals surface area contributed by atoms with Gasteiger partial charge in [-0.05, 0) is 13.0 Å². The van der Waals surface area contributed by atoms with Gasteiger partial charge in [-0.25, -0.2) is 10.2 Å². The normalized spacial score (nSPS) is 10.7. The van der Waals surface area contributed by atoms with Gasteiger partial charge in [0.1, 0.15) is 0 Å². The molecule has 0 unspecified atom stereocenters. The van der Waals surface area contributed by atoms with Crippen LogP contribution in [0.3, 0.4) is 0 Å². The molecule has 1 N–H and O–H groups in total. The Bertz CT molecular complexity index is 697. The van der Waals surface area contributed by atoms with Crippen LogP contribution in [0, 0.1) is 11.3 Å². The molecule has 6 nitrogen and oxygen atoms in total. The second-order valence-corrected chi connectivity index (χ2v) is 4.29. The average Bonchev–Trinajstić information content (AvgIpc) is 2.84. The Hall–Kier alpha value is -2.81. The molecule has 108 valence electrons. The van der Waals surface area contributed by atoms with Gasteiger partial charge in [0.2, 0.25) is 0 Å². The predicted molar refractivity (Wildman–Crippen MR) is 79.9 cm³/mol. The summed E-state index contributed by atoms with van der Waals surface area (Å²) in [5.74, 6) is 0. The van der Waals surface area contributed by atoms with Crippen LogP contribution >= 0.6 is 0 Å². The van der Waals surface area contributed by atoms with E-state index in [2.05, 4.69) is 16.6 Å². The lowest BCUT2D eigenvalue weighted by atomic mass is 10.2. The van der Waals surface area contributed by atoms with Gasteiger partial charge in [0.05, 0.1) is 25.3 Å². The number of aryl methyl sites for hydroxylation is 1. The number of benzene rings is 1. The molecule has 1 amide bonds. The summed E-state index contributed by atoms with van der Waals surface area (Å²) < 4.78 is 6.72. The van der Waals surface area contributed by atoms with Gasteiger partial charge < -0.3 is 9.30 Å². The third-order valence-corrected chi connectivity index (χ3v) is 2.92. The third-order valence-electron chi connectivity index (χ3n) is 2.92. The average molecular weight is 284 g/mol. The highest BCUT2D eigenvalue weighted by atomic mass is 16.5. The Kier molecular flexibility index (Phi) is 4.94. The molecule has 2 rings (SSSR count). The van der Waals surface area contributed by atoms with E-state index >= 15 is 0 Å². The van der Waals surface area contributed by atoms with Gasteiger partial charge in [-0.15, -0.1) is 0 Å². The first kappa shape index (κ1) is 14.6. The van der Waals surface area contributed by atoms with E-state index in [-0.39, 0.29) is 0 Å². The Morgan fingerprint density at radius 1 is 1.52 bits per heavy atom. The number of ether oxygens (including phenoxy) is 1. The summed E-state index contributed by atoms with van der Waals surface area (Å²) >= 11 is 0. The van der Waals surface area contributed by atoms with Crippen LogP contribution in [-0.2, 0) is 11.3 Å². The van der Waals surface area contributed by atoms with E-state index < -0.39 is 6.09 Å². The highest BCUT2D eigenvalue weighted by Gasteiger charge is 2.06. The molecule has 0 saturated carbocycles. The summed E-state index contributed by atoms with van der Waals surface area (Å²) in [5.41, 5.74) is 4.20. The standard InChI is InChI=1S/C15H16N4O2/c1-2-21-15(20)18-17-10-12-11-19(9-5-8-16)14-7-4-3-6-13(12)14/h3-4,6-7,10-11H,2,5,9H2,1H3,(H,18,20)/b17-10-. The van der Waals surface area contributed by atoms with Crippen LogP contribution in [0.4, 0.5) is 4.79 Å². The van der Waals surface area contributed by atoms with E-state index in [0.29, 0.717) is 19.6 Å². The van der Waals surface area contributed by atoms with E-state index in [1.165, 1.54) is 0 Å². The molecule has 1 aromatic carbocycles. The van der Waals surface area contributed by atoms with E-state index in [1.807, 2.05) is 35.0 Å². The molecule has 1 aromatic heterocycles. The van der Waals surface area contributed by atoms with Gasteiger partial charge >= 0.3 is 6.09 Å². The Morgan fingerprint density at radius 3 is 3.10 bits per heavy atom. The highest BCUT2D eigenvalue weighted by Crippen LogP contribution is 2.20. The molecule has 0 radical (unpaired) electrons. The number of rotatable bonds is 5. The van der Waals surface area contributed by atoms with Crippen molar-refractivity contribution in [3.63, 3.8) is 0 Å². The van der Waals surface area contributed by atoms with Crippen molar-refractivity contribution in [3.05, 3.63) is 36.0 Å². The van der Waals surface area contributed by atoms with Gasteiger partial charge in [-0.2, -0.15) is 10.4 Å². The van der Waals surface area contributed by atoms with Gasteiger partial charge in [0, 0.05) is 29.2 Å². The molecule has 0 spiro atoms. The van der Waals surface area contributed by atoms with Crippen molar-refractivity contribution >= 4 is 23.2 Å². The molecule has 0 atom stereocenters. The summed E-state index contributed by atoms with van der Waals surface area (Å²) in [6, 6.07) is 9.98. The molecular formula is C15H16N4O2. The molecule has 0 aliphatic rings. The van der Waals surface area contributed by atoms with Crippen LogP contribution in [0.2, 0.25) is 0 Å². The first-order valence-electron chi connectivity index (χ1n) is 6.67. The van der Waals surface area contributed by atoms with Crippen LogP contribution in [0.1, 0.15) is 18.9 Å². The molecule has 0 saturated heterocycles. The minimum absolute atomic E-state index is 0.300. The number of nitrogens with one attached hydrogen (secondary N) is 1. The lowest BCUT2D eigenvalue weighted by Gasteiger charge is -2.00. The van der Waals surface area contributed by atoms with Gasteiger partial charge in [-0.1, -0.05) is 18.2 Å². The number of nitriles is 1. The fourth-order valence-electron chi connectivity index (χ4n) is 2.05. The largest absolute Gasteiger partial charge is 0.449 e. The topological polar surface area (TPSA) is 79.4 Å². The van der Waals surface area contributed by atoms with Crippen LogP contribution in [-0.4, -0.2) is 23.5 Å². The first-order chi connectivity index (χ1) is 10.3. The number of carbonyl (C=O) groups is 1. The fourth-order valence-corrected chi connectivity index (χ4v) is 2.05. The zero-order valence-corrected chi connectivity index (χ0v) is 11.7. The Labute approximate surface area is 122 Å². The summed E-state index contributed by atoms with van der Waals surface area (Å²) in [6.45, 7) is 2.65.